The first kappa shape index (κ1) is 11.0. The molecular weight excluding hydrogens is 222 g/mol. The molecule has 0 aromatic heterocycles. The Morgan fingerprint density at radius 1 is 1.25 bits per heavy atom. The van der Waals surface area contributed by atoms with E-state index >= 15 is 0 Å². The van der Waals surface area contributed by atoms with E-state index in [2.05, 4.69) is 5.32 Å². The summed E-state index contributed by atoms with van der Waals surface area (Å²) in [5.41, 5.74) is 3.25. The van der Waals surface area contributed by atoms with Gasteiger partial charge in [-0.25, -0.2) is 0 Å². The number of imide groups is 1. The standard InChI is InChI=1S/C12H11NO2S/c1-7-3-4-9(8(2)5-7)6-10-11(14)13-12(15)16-10/h3-6H,1-2H3,(H,13,14,15)/b10-6-. The first-order chi connectivity index (χ1) is 7.56. The van der Waals surface area contributed by atoms with Crippen LogP contribution >= 0.6 is 11.8 Å². The molecule has 2 amide bonds. The van der Waals surface area contributed by atoms with Crippen molar-refractivity contribution in [1.82, 2.24) is 5.32 Å². The minimum Gasteiger partial charge on any atom is -0.282 e. The van der Waals surface area contributed by atoms with Crippen LogP contribution in [0.2, 0.25) is 0 Å². The smallest absolute Gasteiger partial charge is 0.282 e. The minimum absolute atomic E-state index is 0.305. The molecule has 0 radical (unpaired) electrons. The summed E-state index contributed by atoms with van der Waals surface area (Å²) >= 11 is 0.943. The van der Waals surface area contributed by atoms with E-state index in [-0.39, 0.29) is 11.1 Å². The van der Waals surface area contributed by atoms with Crippen molar-refractivity contribution in [1.29, 1.82) is 0 Å². The number of aryl methyl sites for hydroxylation is 2. The van der Waals surface area contributed by atoms with Crippen LogP contribution in [0.25, 0.3) is 6.08 Å². The molecule has 1 N–H and O–H groups in total. The Morgan fingerprint density at radius 2 is 2.00 bits per heavy atom. The highest BCUT2D eigenvalue weighted by Gasteiger charge is 2.24. The Labute approximate surface area is 97.9 Å². The number of hydrogen-bond donors (Lipinski definition) is 1. The summed E-state index contributed by atoms with van der Waals surface area (Å²) in [7, 11) is 0. The van der Waals surface area contributed by atoms with Crippen molar-refractivity contribution in [2.45, 2.75) is 13.8 Å². The predicted molar refractivity (Wildman–Crippen MR) is 65.0 cm³/mol. The molecule has 4 heteroatoms. The molecule has 3 nitrogen and oxygen atoms in total. The van der Waals surface area contributed by atoms with Gasteiger partial charge in [0.25, 0.3) is 11.1 Å². The zero-order valence-electron chi connectivity index (χ0n) is 9.03. The van der Waals surface area contributed by atoms with Crippen molar-refractivity contribution in [3.63, 3.8) is 0 Å². The van der Waals surface area contributed by atoms with Crippen LogP contribution in [-0.2, 0) is 4.79 Å². The van der Waals surface area contributed by atoms with Crippen LogP contribution in [0.4, 0.5) is 4.79 Å². The van der Waals surface area contributed by atoms with Gasteiger partial charge < -0.3 is 0 Å². The number of benzene rings is 1. The molecule has 0 atom stereocenters. The molecule has 0 spiro atoms. The molecule has 1 heterocycles. The van der Waals surface area contributed by atoms with Crippen LogP contribution in [0.5, 0.6) is 0 Å². The lowest BCUT2D eigenvalue weighted by Gasteiger charge is -2.02. The molecule has 0 unspecified atom stereocenters. The van der Waals surface area contributed by atoms with E-state index < -0.39 is 0 Å². The highest BCUT2D eigenvalue weighted by molar-refractivity contribution is 8.18. The quantitative estimate of drug-likeness (QED) is 0.758. The average molecular weight is 233 g/mol. The van der Waals surface area contributed by atoms with Gasteiger partial charge in [0, 0.05) is 0 Å². The van der Waals surface area contributed by atoms with E-state index in [1.165, 1.54) is 5.56 Å². The van der Waals surface area contributed by atoms with Crippen molar-refractivity contribution >= 4 is 29.0 Å². The molecule has 1 aromatic rings. The summed E-state index contributed by atoms with van der Waals surface area (Å²) in [6, 6.07) is 5.98. The SMILES string of the molecule is Cc1ccc(/C=C2\SC(=O)NC2=O)c(C)c1. The Bertz CT molecular complexity index is 506. The number of carbonyl (C=O) groups is 2. The second kappa shape index (κ2) is 4.14. The van der Waals surface area contributed by atoms with E-state index in [4.69, 9.17) is 0 Å². The molecule has 1 aliphatic heterocycles. The minimum atomic E-state index is -0.310. The molecule has 2 rings (SSSR count). The van der Waals surface area contributed by atoms with Crippen molar-refractivity contribution in [3.8, 4) is 0 Å². The van der Waals surface area contributed by atoms with Gasteiger partial charge in [0.2, 0.25) is 0 Å². The highest BCUT2D eigenvalue weighted by atomic mass is 32.2. The van der Waals surface area contributed by atoms with E-state index in [1.54, 1.807) is 6.08 Å². The molecule has 1 fully saturated rings. The average Bonchev–Trinajstić information content (AvgIpc) is 2.50. The maximum Gasteiger partial charge on any atom is 0.290 e. The summed E-state index contributed by atoms with van der Waals surface area (Å²) in [6.07, 6.45) is 1.75. The lowest BCUT2D eigenvalue weighted by Crippen LogP contribution is -2.17. The van der Waals surface area contributed by atoms with Crippen molar-refractivity contribution in [2.75, 3.05) is 0 Å². The summed E-state index contributed by atoms with van der Waals surface area (Å²) < 4.78 is 0. The zero-order chi connectivity index (χ0) is 11.7. The van der Waals surface area contributed by atoms with Gasteiger partial charge in [-0.15, -0.1) is 0 Å². The van der Waals surface area contributed by atoms with Crippen LogP contribution in [0.1, 0.15) is 16.7 Å². The number of carbonyl (C=O) groups excluding carboxylic acids is 2. The second-order valence-electron chi connectivity index (χ2n) is 3.71. The molecule has 1 aromatic carbocycles. The van der Waals surface area contributed by atoms with Gasteiger partial charge in [0.05, 0.1) is 4.91 Å². The monoisotopic (exact) mass is 233 g/mol. The van der Waals surface area contributed by atoms with Gasteiger partial charge in [-0.3, -0.25) is 14.9 Å². The molecule has 0 bridgehead atoms. The molecule has 1 saturated heterocycles. The van der Waals surface area contributed by atoms with E-state index in [1.807, 2.05) is 32.0 Å². The van der Waals surface area contributed by atoms with Gasteiger partial charge in [-0.1, -0.05) is 23.8 Å². The van der Waals surface area contributed by atoms with Crippen molar-refractivity contribution in [2.24, 2.45) is 0 Å². The van der Waals surface area contributed by atoms with Crippen molar-refractivity contribution in [3.05, 3.63) is 39.8 Å². The van der Waals surface area contributed by atoms with Crippen molar-refractivity contribution < 1.29 is 9.59 Å². The summed E-state index contributed by atoms with van der Waals surface area (Å²) in [4.78, 5) is 22.8. The van der Waals surface area contributed by atoms with Crippen LogP contribution in [-0.4, -0.2) is 11.1 Å². The highest BCUT2D eigenvalue weighted by Crippen LogP contribution is 2.26. The number of nitrogens with one attached hydrogen (secondary N) is 1. The fourth-order valence-corrected chi connectivity index (χ4v) is 2.22. The Morgan fingerprint density at radius 3 is 2.56 bits per heavy atom. The van der Waals surface area contributed by atoms with Crippen LogP contribution in [0, 0.1) is 13.8 Å². The summed E-state index contributed by atoms with van der Waals surface area (Å²) in [6.45, 7) is 4.00. The summed E-state index contributed by atoms with van der Waals surface area (Å²) in [5.74, 6) is -0.310. The molecule has 0 aliphatic carbocycles. The predicted octanol–water partition coefficient (Wildman–Crippen LogP) is 2.63. The lowest BCUT2D eigenvalue weighted by molar-refractivity contribution is -0.115. The number of hydrogen-bond acceptors (Lipinski definition) is 3. The van der Waals surface area contributed by atoms with Gasteiger partial charge in [0.15, 0.2) is 0 Å². The fourth-order valence-electron chi connectivity index (χ4n) is 1.55. The van der Waals surface area contributed by atoms with E-state index in [9.17, 15) is 9.59 Å². The number of thioether (sulfide) groups is 1. The van der Waals surface area contributed by atoms with Gasteiger partial charge in [0.1, 0.15) is 0 Å². The molecular formula is C12H11NO2S. The zero-order valence-corrected chi connectivity index (χ0v) is 9.85. The van der Waals surface area contributed by atoms with Crippen LogP contribution < -0.4 is 5.32 Å². The molecule has 0 saturated carbocycles. The van der Waals surface area contributed by atoms with E-state index in [0.29, 0.717) is 4.91 Å². The lowest BCUT2D eigenvalue weighted by atomic mass is 10.1. The third-order valence-corrected chi connectivity index (χ3v) is 3.16. The van der Waals surface area contributed by atoms with Gasteiger partial charge in [-0.2, -0.15) is 0 Å². The van der Waals surface area contributed by atoms with Gasteiger partial charge in [-0.05, 0) is 42.8 Å². The normalized spacial score (nSPS) is 18.0. The topological polar surface area (TPSA) is 46.2 Å². The van der Waals surface area contributed by atoms with Crippen LogP contribution in [0.3, 0.4) is 0 Å². The first-order valence-corrected chi connectivity index (χ1v) is 5.70. The first-order valence-electron chi connectivity index (χ1n) is 4.88. The van der Waals surface area contributed by atoms with E-state index in [0.717, 1.165) is 22.9 Å². The Hall–Kier alpha value is -1.55. The Kier molecular flexibility index (Phi) is 2.83. The maximum atomic E-state index is 11.3. The Balaban J connectivity index is 2.36. The second-order valence-corrected chi connectivity index (χ2v) is 4.73. The third kappa shape index (κ3) is 2.17. The largest absolute Gasteiger partial charge is 0.290 e. The fraction of sp³-hybridized carbons (Fsp3) is 0.167. The third-order valence-electron chi connectivity index (χ3n) is 2.35. The molecule has 1 aliphatic rings. The number of amides is 2. The number of rotatable bonds is 1. The van der Waals surface area contributed by atoms with Crippen LogP contribution in [0.15, 0.2) is 23.1 Å². The van der Waals surface area contributed by atoms with Gasteiger partial charge >= 0.3 is 0 Å². The summed E-state index contributed by atoms with van der Waals surface area (Å²) in [5, 5.41) is 1.93. The molecule has 82 valence electrons. The molecule has 16 heavy (non-hydrogen) atoms. The maximum absolute atomic E-state index is 11.3.